The largest absolute Gasteiger partial charge is 0.348 e. The molecule has 5 heteroatoms. The minimum atomic E-state index is 0.0455. The van der Waals surface area contributed by atoms with Gasteiger partial charge in [0.15, 0.2) is 6.35 Å². The molecule has 0 radical (unpaired) electrons. The van der Waals surface area contributed by atoms with E-state index in [1.165, 1.54) is 0 Å². The molecule has 2 aliphatic rings. The van der Waals surface area contributed by atoms with Crippen LogP contribution in [0.15, 0.2) is 24.4 Å². The highest BCUT2D eigenvalue weighted by atomic mass is 16.5. The molecule has 17 heavy (non-hydrogen) atoms. The van der Waals surface area contributed by atoms with Gasteiger partial charge < -0.3 is 10.1 Å². The third-order valence-electron chi connectivity index (χ3n) is 3.31. The average Bonchev–Trinajstić information content (AvgIpc) is 2.94. The fraction of sp³-hybridized carbons (Fsp3) is 0.583. The zero-order valence-electron chi connectivity index (χ0n) is 9.80. The zero-order valence-corrected chi connectivity index (χ0v) is 9.80. The third-order valence-corrected chi connectivity index (χ3v) is 3.31. The van der Waals surface area contributed by atoms with Crippen LogP contribution in [0, 0.1) is 0 Å². The van der Waals surface area contributed by atoms with Crippen LogP contribution in [-0.4, -0.2) is 49.0 Å². The predicted octanol–water partition coefficient (Wildman–Crippen LogP) is -0.0687. The fourth-order valence-corrected chi connectivity index (χ4v) is 2.47. The zero-order chi connectivity index (χ0) is 11.5. The summed E-state index contributed by atoms with van der Waals surface area (Å²) in [7, 11) is 0. The van der Waals surface area contributed by atoms with Crippen molar-refractivity contribution in [2.45, 2.75) is 12.4 Å². The van der Waals surface area contributed by atoms with Gasteiger partial charge in [-0.2, -0.15) is 0 Å². The molecule has 0 saturated carbocycles. The van der Waals surface area contributed by atoms with Crippen LogP contribution in [0.2, 0.25) is 0 Å². The van der Waals surface area contributed by atoms with Gasteiger partial charge in [-0.05, 0) is 12.1 Å². The molecule has 92 valence electrons. The molecule has 2 N–H and O–H groups in total. The first-order chi connectivity index (χ1) is 8.45. The van der Waals surface area contributed by atoms with Gasteiger partial charge in [-0.1, -0.05) is 6.07 Å². The lowest BCUT2D eigenvalue weighted by Crippen LogP contribution is -2.54. The Morgan fingerprint density at radius 1 is 1.35 bits per heavy atom. The molecular weight excluding hydrogens is 216 g/mol. The van der Waals surface area contributed by atoms with Crippen molar-refractivity contribution in [3.63, 3.8) is 0 Å². The number of hydrogen-bond acceptors (Lipinski definition) is 5. The van der Waals surface area contributed by atoms with Gasteiger partial charge in [0.2, 0.25) is 0 Å². The van der Waals surface area contributed by atoms with Crippen LogP contribution in [0.4, 0.5) is 0 Å². The quantitative estimate of drug-likeness (QED) is 0.750. The second-order valence-electron chi connectivity index (χ2n) is 4.39. The summed E-state index contributed by atoms with van der Waals surface area (Å²) in [5.41, 5.74) is 1.11. The van der Waals surface area contributed by atoms with Gasteiger partial charge in [-0.3, -0.25) is 15.2 Å². The van der Waals surface area contributed by atoms with Crippen molar-refractivity contribution in [3.8, 4) is 0 Å². The molecular formula is C12H18N4O. The van der Waals surface area contributed by atoms with Crippen molar-refractivity contribution >= 4 is 0 Å². The summed E-state index contributed by atoms with van der Waals surface area (Å²) in [6.45, 7) is 4.65. The Hall–Kier alpha value is -1.01. The van der Waals surface area contributed by atoms with Crippen LogP contribution < -0.4 is 10.6 Å². The molecule has 2 saturated heterocycles. The van der Waals surface area contributed by atoms with Crippen LogP contribution in [-0.2, 0) is 4.74 Å². The molecule has 2 aliphatic heterocycles. The second kappa shape index (κ2) is 5.10. The van der Waals surface area contributed by atoms with Crippen molar-refractivity contribution in [2.24, 2.45) is 0 Å². The highest BCUT2D eigenvalue weighted by molar-refractivity contribution is 5.10. The van der Waals surface area contributed by atoms with Gasteiger partial charge >= 0.3 is 0 Å². The first kappa shape index (κ1) is 11.1. The van der Waals surface area contributed by atoms with E-state index in [0.29, 0.717) is 6.04 Å². The summed E-state index contributed by atoms with van der Waals surface area (Å²) < 4.78 is 5.70. The van der Waals surface area contributed by atoms with Crippen molar-refractivity contribution < 1.29 is 4.74 Å². The predicted molar refractivity (Wildman–Crippen MR) is 64.3 cm³/mol. The van der Waals surface area contributed by atoms with Gasteiger partial charge in [-0.15, -0.1) is 0 Å². The topological polar surface area (TPSA) is 49.4 Å². The van der Waals surface area contributed by atoms with Gasteiger partial charge in [0.25, 0.3) is 0 Å². The maximum atomic E-state index is 5.70. The molecule has 3 rings (SSSR count). The van der Waals surface area contributed by atoms with Crippen molar-refractivity contribution in [3.05, 3.63) is 30.1 Å². The van der Waals surface area contributed by atoms with Crippen LogP contribution in [0.1, 0.15) is 11.7 Å². The summed E-state index contributed by atoms with van der Waals surface area (Å²) in [6.07, 6.45) is 1.90. The van der Waals surface area contributed by atoms with Crippen molar-refractivity contribution in [1.82, 2.24) is 20.5 Å². The number of pyridine rings is 1. The van der Waals surface area contributed by atoms with E-state index in [9.17, 15) is 0 Å². The molecule has 1 aromatic rings. The Bertz CT molecular complexity index is 353. The highest BCUT2D eigenvalue weighted by Crippen LogP contribution is 2.23. The Morgan fingerprint density at radius 3 is 3.12 bits per heavy atom. The Kier molecular flexibility index (Phi) is 3.33. The molecule has 0 bridgehead atoms. The number of nitrogens with zero attached hydrogens (tertiary/aromatic N) is 2. The molecule has 1 aromatic heterocycles. The first-order valence-corrected chi connectivity index (χ1v) is 6.17. The minimum Gasteiger partial charge on any atom is -0.348 e. The minimum absolute atomic E-state index is 0.0455. The van der Waals surface area contributed by atoms with Crippen LogP contribution in [0.25, 0.3) is 0 Å². The van der Waals surface area contributed by atoms with Gasteiger partial charge in [0, 0.05) is 32.4 Å². The molecule has 3 heterocycles. The fourth-order valence-electron chi connectivity index (χ4n) is 2.47. The number of ether oxygens (including phenoxy) is 1. The normalized spacial score (nSPS) is 30.6. The lowest BCUT2D eigenvalue weighted by Gasteiger charge is -2.38. The monoisotopic (exact) mass is 234 g/mol. The van der Waals surface area contributed by atoms with Crippen molar-refractivity contribution in [2.75, 3.05) is 32.8 Å². The molecule has 2 atom stereocenters. The highest BCUT2D eigenvalue weighted by Gasteiger charge is 2.32. The lowest BCUT2D eigenvalue weighted by molar-refractivity contribution is -0.0644. The Morgan fingerprint density at radius 2 is 2.35 bits per heavy atom. The number of aromatic nitrogens is 1. The molecule has 0 amide bonds. The first-order valence-electron chi connectivity index (χ1n) is 6.17. The summed E-state index contributed by atoms with van der Waals surface area (Å²) in [4.78, 5) is 6.81. The SMILES string of the molecule is c1ccc(C2CNCCN2C2NCCO2)nc1. The summed E-state index contributed by atoms with van der Waals surface area (Å²) >= 11 is 0. The molecule has 2 unspecified atom stereocenters. The second-order valence-corrected chi connectivity index (χ2v) is 4.39. The number of rotatable bonds is 2. The maximum absolute atomic E-state index is 5.70. The Balaban J connectivity index is 1.80. The molecule has 5 nitrogen and oxygen atoms in total. The van der Waals surface area contributed by atoms with E-state index in [0.717, 1.165) is 38.5 Å². The van der Waals surface area contributed by atoms with E-state index in [-0.39, 0.29) is 6.35 Å². The van der Waals surface area contributed by atoms with Gasteiger partial charge in [-0.25, -0.2) is 0 Å². The van der Waals surface area contributed by atoms with E-state index in [4.69, 9.17) is 4.74 Å². The van der Waals surface area contributed by atoms with E-state index in [1.807, 2.05) is 18.3 Å². The summed E-state index contributed by atoms with van der Waals surface area (Å²) in [5, 5.41) is 6.80. The van der Waals surface area contributed by atoms with Gasteiger partial charge in [0.05, 0.1) is 18.3 Å². The number of piperazine rings is 1. The van der Waals surface area contributed by atoms with E-state index in [1.54, 1.807) is 0 Å². The van der Waals surface area contributed by atoms with E-state index >= 15 is 0 Å². The average molecular weight is 234 g/mol. The van der Waals surface area contributed by atoms with Crippen LogP contribution in [0.3, 0.4) is 0 Å². The smallest absolute Gasteiger partial charge is 0.166 e. The lowest BCUT2D eigenvalue weighted by atomic mass is 10.1. The van der Waals surface area contributed by atoms with Crippen LogP contribution in [0.5, 0.6) is 0 Å². The molecule has 2 fully saturated rings. The summed E-state index contributed by atoms with van der Waals surface area (Å²) in [5.74, 6) is 0. The number of hydrogen-bond donors (Lipinski definition) is 2. The maximum Gasteiger partial charge on any atom is 0.166 e. The standard InChI is InChI=1S/C12H18N4O/c1-2-4-14-10(3-1)11-9-13-5-7-16(11)12-15-6-8-17-12/h1-4,11-13,15H,5-9H2. The van der Waals surface area contributed by atoms with Crippen LogP contribution >= 0.6 is 0 Å². The number of nitrogens with one attached hydrogen (secondary N) is 2. The molecule has 0 aromatic carbocycles. The van der Waals surface area contributed by atoms with E-state index in [2.05, 4.69) is 26.6 Å². The van der Waals surface area contributed by atoms with E-state index < -0.39 is 0 Å². The van der Waals surface area contributed by atoms with Crippen molar-refractivity contribution in [1.29, 1.82) is 0 Å². The third kappa shape index (κ3) is 2.32. The molecule has 0 spiro atoms. The Labute approximate surface area is 101 Å². The van der Waals surface area contributed by atoms with Gasteiger partial charge in [0.1, 0.15) is 0 Å². The molecule has 0 aliphatic carbocycles. The summed E-state index contributed by atoms with van der Waals surface area (Å²) in [6, 6.07) is 6.37.